The molecule has 18 rings (SSSR count). The molecule has 0 saturated heterocycles. The van der Waals surface area contributed by atoms with Crippen LogP contribution in [-0.4, -0.2) is 21.5 Å². The molecular weight excluding hydrogens is 1040 g/mol. The van der Waals surface area contributed by atoms with Crippen molar-refractivity contribution in [2.24, 2.45) is 0 Å². The van der Waals surface area contributed by atoms with Crippen molar-refractivity contribution in [2.45, 2.75) is 0 Å². The van der Waals surface area contributed by atoms with Gasteiger partial charge in [0.05, 0.1) is 35.2 Å². The number of nitrogens with one attached hydrogen (secondary N) is 1. The van der Waals surface area contributed by atoms with Crippen molar-refractivity contribution in [3.05, 3.63) is 254 Å². The molecule has 1 aliphatic heterocycles. The van der Waals surface area contributed by atoms with Crippen molar-refractivity contribution in [1.82, 2.24) is 15.0 Å². The van der Waals surface area contributed by atoms with Crippen LogP contribution in [0.1, 0.15) is 5.56 Å². The van der Waals surface area contributed by atoms with Crippen molar-refractivity contribution in [1.29, 1.82) is 0 Å². The van der Waals surface area contributed by atoms with Crippen molar-refractivity contribution in [3.8, 4) is 22.3 Å². The van der Waals surface area contributed by atoms with E-state index in [0.29, 0.717) is 40.5 Å². The largest absolute Gasteiger partial charge is 0.454 e. The zero-order valence-electron chi connectivity index (χ0n) is 44.7. The van der Waals surface area contributed by atoms with E-state index >= 15 is 0 Å². The summed E-state index contributed by atoms with van der Waals surface area (Å²) in [4.78, 5) is 20.1. The summed E-state index contributed by atoms with van der Waals surface area (Å²) >= 11 is 0. The van der Waals surface area contributed by atoms with E-state index in [0.717, 1.165) is 138 Å². The number of hydrogen-bond acceptors (Lipinski definition) is 10. The quantitative estimate of drug-likeness (QED) is 0.148. The number of para-hydroxylation sites is 2. The van der Waals surface area contributed by atoms with Gasteiger partial charge in [0.15, 0.2) is 11.2 Å². The third-order valence-electron chi connectivity index (χ3n) is 16.8. The van der Waals surface area contributed by atoms with Gasteiger partial charge < -0.3 is 27.9 Å². The van der Waals surface area contributed by atoms with Gasteiger partial charge in [-0.1, -0.05) is 152 Å². The number of pyridine rings is 3. The first kappa shape index (κ1) is 46.3. The van der Waals surface area contributed by atoms with E-state index in [4.69, 9.17) is 32.6 Å². The Morgan fingerprint density at radius 1 is 0.405 bits per heavy atom. The van der Waals surface area contributed by atoms with E-state index in [-0.39, 0.29) is 0 Å². The fraction of sp³-hybridized carbons (Fsp3) is 0.0135. The molecule has 0 fully saturated rings. The number of aromatic nitrogens is 3. The van der Waals surface area contributed by atoms with Crippen LogP contribution in [0.3, 0.4) is 0 Å². The van der Waals surface area contributed by atoms with Gasteiger partial charge in [0.25, 0.3) is 0 Å². The van der Waals surface area contributed by atoms with Crippen LogP contribution in [0.4, 0.5) is 34.5 Å². The molecular formula is C74H44N6O4. The summed E-state index contributed by atoms with van der Waals surface area (Å²) in [7, 11) is 0. The molecule has 17 aromatic rings. The minimum atomic E-state index is 0.510. The van der Waals surface area contributed by atoms with Gasteiger partial charge in [-0.25, -0.2) is 9.97 Å². The average molecular weight is 1080 g/mol. The van der Waals surface area contributed by atoms with Crippen LogP contribution in [0.25, 0.3) is 138 Å². The molecule has 394 valence electrons. The predicted molar refractivity (Wildman–Crippen MR) is 341 cm³/mol. The highest BCUT2D eigenvalue weighted by Gasteiger charge is 2.29. The molecule has 84 heavy (non-hydrogen) atoms. The van der Waals surface area contributed by atoms with E-state index in [1.807, 2.05) is 48.7 Å². The van der Waals surface area contributed by atoms with Crippen LogP contribution in [-0.2, 0) is 0 Å². The molecule has 0 saturated carbocycles. The maximum atomic E-state index is 7.06. The molecule has 0 radical (unpaired) electrons. The predicted octanol–water partition coefficient (Wildman–Crippen LogP) is 20.2. The van der Waals surface area contributed by atoms with Gasteiger partial charge in [0, 0.05) is 61.5 Å². The van der Waals surface area contributed by atoms with Crippen LogP contribution in [0.2, 0.25) is 0 Å². The number of benzene rings is 10. The average Bonchev–Trinajstić information content (AvgIpc) is 3.64. The molecule has 0 atom stereocenters. The minimum absolute atomic E-state index is 0.510. The first-order valence-electron chi connectivity index (χ1n) is 28.1. The topological polar surface area (TPSA) is 110 Å². The lowest BCUT2D eigenvalue weighted by Crippen LogP contribution is -2.24. The van der Waals surface area contributed by atoms with E-state index in [1.54, 1.807) is 6.20 Å². The van der Waals surface area contributed by atoms with Gasteiger partial charge in [-0.15, -0.1) is 0 Å². The summed E-state index contributed by atoms with van der Waals surface area (Å²) in [5, 5.41) is 16.0. The molecule has 1 aliphatic rings. The monoisotopic (exact) mass is 1080 g/mol. The Balaban J connectivity index is 0.829. The molecule has 8 heterocycles. The fourth-order valence-electron chi connectivity index (χ4n) is 13.0. The summed E-state index contributed by atoms with van der Waals surface area (Å²) in [6.07, 6.45) is 5.98. The second-order valence-corrected chi connectivity index (χ2v) is 21.5. The molecule has 1 N–H and O–H groups in total. The zero-order chi connectivity index (χ0) is 55.0. The minimum Gasteiger partial charge on any atom is -0.454 e. The summed E-state index contributed by atoms with van der Waals surface area (Å²) in [6.45, 7) is 0.510. The van der Waals surface area contributed by atoms with Crippen LogP contribution >= 0.6 is 0 Å². The van der Waals surface area contributed by atoms with Crippen molar-refractivity contribution in [2.75, 3.05) is 21.7 Å². The maximum Gasteiger partial charge on any atom is 0.229 e. The lowest BCUT2D eigenvalue weighted by Gasteiger charge is -2.30. The SMILES string of the molecule is C1=C(N(c2ccc3ccc(-c4ccccc4)cc3c2)c2cnc3c(c2)oc2cccc(-c4ccc(N(c5ccc6c(n5)oc5ccccc56)c5cc6ccccc6c6ccccc56)c5oc6ncccc6c45)c23)CNc2oc3ccccc3c21. The molecule has 0 bridgehead atoms. The molecule has 10 heteroatoms. The number of nitrogens with zero attached hydrogens (tertiary/aromatic N) is 5. The third kappa shape index (κ3) is 7.07. The first-order valence-corrected chi connectivity index (χ1v) is 28.1. The molecule has 0 spiro atoms. The Morgan fingerprint density at radius 3 is 2.07 bits per heavy atom. The van der Waals surface area contributed by atoms with E-state index in [9.17, 15) is 0 Å². The van der Waals surface area contributed by atoms with Crippen LogP contribution in [0.5, 0.6) is 0 Å². The highest BCUT2D eigenvalue weighted by molar-refractivity contribution is 6.22. The molecule has 0 amide bonds. The first-order chi connectivity index (χ1) is 41.6. The Labute approximate surface area is 478 Å². The summed E-state index contributed by atoms with van der Waals surface area (Å²) in [5.74, 6) is 1.42. The molecule has 7 aromatic heterocycles. The van der Waals surface area contributed by atoms with Gasteiger partial charge in [0.2, 0.25) is 17.3 Å². The number of anilines is 6. The number of rotatable bonds is 8. The lowest BCUT2D eigenvalue weighted by molar-refractivity contribution is 0.626. The van der Waals surface area contributed by atoms with Gasteiger partial charge in [-0.2, -0.15) is 4.98 Å². The summed E-state index contributed by atoms with van der Waals surface area (Å²) < 4.78 is 26.8. The summed E-state index contributed by atoms with van der Waals surface area (Å²) in [5.41, 5.74) is 15.2. The Bertz CT molecular complexity index is 5620. The zero-order valence-corrected chi connectivity index (χ0v) is 44.7. The normalized spacial score (nSPS) is 12.6. The molecule has 10 nitrogen and oxygen atoms in total. The smallest absolute Gasteiger partial charge is 0.229 e. The molecule has 10 aromatic carbocycles. The van der Waals surface area contributed by atoms with E-state index < -0.39 is 0 Å². The highest BCUT2D eigenvalue weighted by atomic mass is 16.4. The Kier molecular flexibility index (Phi) is 9.92. The number of hydrogen-bond donors (Lipinski definition) is 1. The third-order valence-corrected chi connectivity index (χ3v) is 16.8. The molecule has 0 unspecified atom stereocenters. The van der Waals surface area contributed by atoms with E-state index in [2.05, 4.69) is 209 Å². The standard InChI is InChI=1S/C74H44N6O4/c1-2-14-43(15-3-1)45-28-27-44-29-30-48(37-47(44)36-45)79(49-39-60-55-21-9-11-25-64(55)82-73(60)77-42-49)50-40-66-70(76-41-50)69-56(22-12-26-65(69)81-66)57-31-33-61(71-68(57)59-23-13-35-75-72(59)84-71)80(67-34-32-58-54-20-8-10-24-63(54)83-74(58)78-67)62-38-46-16-4-5-17-51(46)52-18-6-7-19-53(52)62/h1-41,77H,42H2. The van der Waals surface area contributed by atoms with Gasteiger partial charge in [-0.3, -0.25) is 4.90 Å². The second kappa shape index (κ2) is 18.0. The summed E-state index contributed by atoms with van der Waals surface area (Å²) in [6, 6.07) is 80.4. The van der Waals surface area contributed by atoms with Gasteiger partial charge in [-0.05, 0) is 128 Å². The van der Waals surface area contributed by atoms with Crippen molar-refractivity contribution in [3.63, 3.8) is 0 Å². The van der Waals surface area contributed by atoms with Crippen LogP contribution in [0, 0.1) is 0 Å². The van der Waals surface area contributed by atoms with Gasteiger partial charge >= 0.3 is 0 Å². The number of fused-ring (bicyclic) bond motifs is 16. The fourth-order valence-corrected chi connectivity index (χ4v) is 13.0. The number of furan rings is 4. The Hall–Kier alpha value is -11.5. The Morgan fingerprint density at radius 2 is 1.17 bits per heavy atom. The van der Waals surface area contributed by atoms with Crippen LogP contribution in [0.15, 0.2) is 266 Å². The highest BCUT2D eigenvalue weighted by Crippen LogP contribution is 2.50. The lowest BCUT2D eigenvalue weighted by atomic mass is 9.95. The second-order valence-electron chi connectivity index (χ2n) is 21.5. The van der Waals surface area contributed by atoms with E-state index in [1.165, 1.54) is 5.56 Å². The van der Waals surface area contributed by atoms with Crippen molar-refractivity contribution < 1.29 is 17.7 Å². The maximum absolute atomic E-state index is 7.06. The van der Waals surface area contributed by atoms with Crippen LogP contribution < -0.4 is 15.1 Å². The van der Waals surface area contributed by atoms with Crippen molar-refractivity contribution >= 4 is 150 Å². The molecule has 0 aliphatic carbocycles. The van der Waals surface area contributed by atoms with Gasteiger partial charge in [0.1, 0.15) is 28.1 Å².